The van der Waals surface area contributed by atoms with Crippen LogP contribution in [0.15, 0.2) is 41.3 Å². The van der Waals surface area contributed by atoms with Gasteiger partial charge in [-0.15, -0.1) is 5.54 Å². The molecule has 282 valence electrons. The van der Waals surface area contributed by atoms with Crippen LogP contribution in [-0.4, -0.2) is 98.2 Å². The van der Waals surface area contributed by atoms with Gasteiger partial charge >= 0.3 is 0 Å². The van der Waals surface area contributed by atoms with Crippen molar-refractivity contribution >= 4 is 42.3 Å². The molecule has 3 heterocycles. The fraction of sp³-hybridized carbons (Fsp3) is 0.610. The van der Waals surface area contributed by atoms with Crippen LogP contribution < -0.4 is 21.1 Å². The summed E-state index contributed by atoms with van der Waals surface area (Å²) >= 11 is 0. The van der Waals surface area contributed by atoms with Gasteiger partial charge in [0.15, 0.2) is 0 Å². The topological polar surface area (TPSA) is 98.6 Å². The minimum atomic E-state index is -2.05. The van der Waals surface area contributed by atoms with Crippen molar-refractivity contribution in [3.05, 3.63) is 52.4 Å². The van der Waals surface area contributed by atoms with Gasteiger partial charge in [-0.3, -0.25) is 14.2 Å². The third-order valence-corrected chi connectivity index (χ3v) is 17.8. The second kappa shape index (κ2) is 17.4. The largest absolute Gasteiger partial charge is 0.369 e. The first kappa shape index (κ1) is 39.5. The Bertz CT molecular complexity index is 1750. The van der Waals surface area contributed by atoms with Gasteiger partial charge in [0.1, 0.15) is 13.7 Å². The van der Waals surface area contributed by atoms with Crippen molar-refractivity contribution in [2.45, 2.75) is 109 Å². The predicted molar refractivity (Wildman–Crippen MR) is 218 cm³/mol. The highest BCUT2D eigenvalue weighted by molar-refractivity contribution is 6.90. The van der Waals surface area contributed by atoms with Gasteiger partial charge in [-0.05, 0) is 101 Å². The van der Waals surface area contributed by atoms with Crippen LogP contribution in [0.1, 0.15) is 91.7 Å². The zero-order chi connectivity index (χ0) is 37.6. The SMILES string of the molecule is CC(C)[Si](C#Cc1cc(=O)n(C2CCC(NC(=O)CCCN(C)C)CC2)c2nc(Nc3ccc(N4CCN(C)CC4)cc3)ncc12)(C(C)C)C(C)C. The van der Waals surface area contributed by atoms with Gasteiger partial charge in [0.2, 0.25) is 11.9 Å². The smallest absolute Gasteiger partial charge is 0.253 e. The zero-order valence-corrected chi connectivity index (χ0v) is 34.1. The van der Waals surface area contributed by atoms with E-state index in [4.69, 9.17) is 9.97 Å². The quantitative estimate of drug-likeness (QED) is 0.156. The fourth-order valence-electron chi connectivity index (χ4n) is 8.53. The number of nitrogens with one attached hydrogen (secondary N) is 2. The van der Waals surface area contributed by atoms with E-state index in [9.17, 15) is 9.59 Å². The maximum Gasteiger partial charge on any atom is 0.253 e. The summed E-state index contributed by atoms with van der Waals surface area (Å²) in [5.74, 6) is 4.11. The van der Waals surface area contributed by atoms with E-state index >= 15 is 0 Å². The number of hydrogen-bond acceptors (Lipinski definition) is 8. The summed E-state index contributed by atoms with van der Waals surface area (Å²) in [6.45, 7) is 18.9. The van der Waals surface area contributed by atoms with Crippen molar-refractivity contribution < 1.29 is 4.79 Å². The Balaban J connectivity index is 1.45. The Morgan fingerprint density at radius 3 is 2.19 bits per heavy atom. The number of anilines is 3. The summed E-state index contributed by atoms with van der Waals surface area (Å²) in [5.41, 5.74) is 8.59. The monoisotopic (exact) mass is 726 g/mol. The summed E-state index contributed by atoms with van der Waals surface area (Å²) in [4.78, 5) is 43.5. The van der Waals surface area contributed by atoms with E-state index in [-0.39, 0.29) is 23.6 Å². The van der Waals surface area contributed by atoms with Crippen LogP contribution in [0.2, 0.25) is 16.6 Å². The van der Waals surface area contributed by atoms with Crippen molar-refractivity contribution in [3.8, 4) is 11.5 Å². The average Bonchev–Trinajstić information content (AvgIpc) is 3.09. The lowest BCUT2D eigenvalue weighted by Gasteiger charge is -2.38. The van der Waals surface area contributed by atoms with E-state index in [0.717, 1.165) is 75.9 Å². The second-order valence-corrected chi connectivity index (χ2v) is 21.9. The van der Waals surface area contributed by atoms with Gasteiger partial charge in [0, 0.05) is 73.9 Å². The molecule has 2 N–H and O–H groups in total. The molecule has 10 nitrogen and oxygen atoms in total. The van der Waals surface area contributed by atoms with Crippen LogP contribution >= 0.6 is 0 Å². The summed E-state index contributed by atoms with van der Waals surface area (Å²) in [6, 6.07) is 10.2. The number of hydrogen-bond donors (Lipinski definition) is 2. The highest BCUT2D eigenvalue weighted by atomic mass is 28.3. The molecule has 2 fully saturated rings. The first-order valence-electron chi connectivity index (χ1n) is 19.5. The molecule has 1 saturated carbocycles. The van der Waals surface area contributed by atoms with Crippen LogP contribution in [0.5, 0.6) is 0 Å². The van der Waals surface area contributed by atoms with Gasteiger partial charge in [-0.2, -0.15) is 4.98 Å². The number of carbonyl (C=O) groups is 1. The van der Waals surface area contributed by atoms with E-state index in [1.54, 1.807) is 6.07 Å². The Hall–Kier alpha value is -3.72. The molecule has 5 rings (SSSR count). The van der Waals surface area contributed by atoms with Crippen LogP contribution in [0.3, 0.4) is 0 Å². The summed E-state index contributed by atoms with van der Waals surface area (Å²) < 4.78 is 1.87. The fourth-order valence-corrected chi connectivity index (χ4v) is 13.7. The number of amides is 1. The standard InChI is InChI=1S/C41H62N8O2Si/c1-29(2)52(30(3)4,31(5)6)26-20-32-27-39(51)49(36-18-14-33(15-19-36)43-38(50)11-10-21-46(7)8)40-37(32)28-42-41(45-40)44-34-12-16-35(17-13-34)48-24-22-47(9)23-25-48/h12-13,16-17,27-31,33,36H,10-11,14-15,18-19,21-25H2,1-9H3,(H,43,50)(H,42,44,45). The van der Waals surface area contributed by atoms with Crippen LogP contribution in [-0.2, 0) is 4.79 Å². The molecule has 1 aliphatic carbocycles. The van der Waals surface area contributed by atoms with E-state index in [2.05, 4.69) is 110 Å². The van der Waals surface area contributed by atoms with Crippen LogP contribution in [0, 0.1) is 11.5 Å². The Morgan fingerprint density at radius 2 is 1.60 bits per heavy atom. The Morgan fingerprint density at radius 1 is 0.962 bits per heavy atom. The normalized spacial score (nSPS) is 18.7. The lowest BCUT2D eigenvalue weighted by atomic mass is 9.90. The number of piperazine rings is 1. The van der Waals surface area contributed by atoms with Crippen LogP contribution in [0.25, 0.3) is 11.0 Å². The Labute approximate surface area is 312 Å². The van der Waals surface area contributed by atoms with Gasteiger partial charge in [0.25, 0.3) is 5.56 Å². The molecule has 0 spiro atoms. The molecule has 2 aliphatic rings. The summed E-state index contributed by atoms with van der Waals surface area (Å²) in [7, 11) is 4.17. The van der Waals surface area contributed by atoms with Gasteiger partial charge in [0.05, 0.1) is 5.39 Å². The number of nitrogens with zero attached hydrogens (tertiary/aromatic N) is 6. The molecule has 1 aromatic carbocycles. The molecule has 1 aliphatic heterocycles. The molecule has 0 atom stereocenters. The highest BCUT2D eigenvalue weighted by Gasteiger charge is 2.41. The summed E-state index contributed by atoms with van der Waals surface area (Å²) in [5, 5.41) is 7.46. The van der Waals surface area contributed by atoms with Crippen LogP contribution in [0.4, 0.5) is 17.3 Å². The zero-order valence-electron chi connectivity index (χ0n) is 33.1. The number of benzene rings is 1. The third kappa shape index (κ3) is 9.25. The van der Waals surface area contributed by atoms with Crippen molar-refractivity contribution in [1.82, 2.24) is 29.7 Å². The van der Waals surface area contributed by atoms with E-state index in [1.165, 1.54) is 5.69 Å². The number of carbonyl (C=O) groups excluding carboxylic acids is 1. The van der Waals surface area contributed by atoms with Gasteiger partial charge < -0.3 is 25.3 Å². The molecule has 52 heavy (non-hydrogen) atoms. The second-order valence-electron chi connectivity index (χ2n) is 16.3. The van der Waals surface area contributed by atoms with E-state index in [1.807, 2.05) is 24.9 Å². The van der Waals surface area contributed by atoms with Crippen molar-refractivity contribution in [2.24, 2.45) is 0 Å². The molecule has 1 saturated heterocycles. The van der Waals surface area contributed by atoms with E-state index in [0.29, 0.717) is 40.2 Å². The van der Waals surface area contributed by atoms with Crippen molar-refractivity contribution in [3.63, 3.8) is 0 Å². The van der Waals surface area contributed by atoms with E-state index < -0.39 is 8.07 Å². The molecule has 2 aromatic heterocycles. The number of rotatable bonds is 12. The molecule has 0 radical (unpaired) electrons. The summed E-state index contributed by atoms with van der Waals surface area (Å²) in [6.07, 6.45) is 6.43. The number of fused-ring (bicyclic) bond motifs is 1. The number of aromatic nitrogens is 3. The average molecular weight is 727 g/mol. The number of likely N-dealkylation sites (N-methyl/N-ethyl adjacent to an activating group) is 1. The van der Waals surface area contributed by atoms with Crippen molar-refractivity contribution in [2.75, 3.05) is 64.1 Å². The lowest BCUT2D eigenvalue weighted by molar-refractivity contribution is -0.122. The first-order valence-corrected chi connectivity index (χ1v) is 21.7. The molecular weight excluding hydrogens is 665 g/mol. The third-order valence-electron chi connectivity index (χ3n) is 11.5. The molecule has 11 heteroatoms. The minimum absolute atomic E-state index is 0.0278. The maximum absolute atomic E-state index is 14.1. The van der Waals surface area contributed by atoms with Gasteiger partial charge in [-0.1, -0.05) is 47.5 Å². The Kier molecular flexibility index (Phi) is 13.2. The molecule has 3 aromatic rings. The lowest BCUT2D eigenvalue weighted by Crippen LogP contribution is -2.44. The van der Waals surface area contributed by atoms with Crippen molar-refractivity contribution in [1.29, 1.82) is 0 Å². The maximum atomic E-state index is 14.1. The highest BCUT2D eigenvalue weighted by Crippen LogP contribution is 2.41. The molecule has 0 unspecified atom stereocenters. The first-order chi connectivity index (χ1) is 24.8. The number of pyridine rings is 1. The minimum Gasteiger partial charge on any atom is -0.369 e. The van der Waals surface area contributed by atoms with Gasteiger partial charge in [-0.25, -0.2) is 4.98 Å². The molecule has 1 amide bonds. The molecular formula is C41H62N8O2Si. The predicted octanol–water partition coefficient (Wildman–Crippen LogP) is 6.80. The molecule has 0 bridgehead atoms.